The van der Waals surface area contributed by atoms with Gasteiger partial charge in [0.15, 0.2) is 0 Å². The van der Waals surface area contributed by atoms with Gasteiger partial charge in [0.25, 0.3) is 21.8 Å². The highest BCUT2D eigenvalue weighted by atomic mass is 32.2. The van der Waals surface area contributed by atoms with Crippen molar-refractivity contribution in [3.05, 3.63) is 64.7 Å². The van der Waals surface area contributed by atoms with Crippen LogP contribution < -0.4 is 5.32 Å². The third kappa shape index (κ3) is 4.96. The molecule has 0 spiro atoms. The van der Waals surface area contributed by atoms with E-state index in [-0.39, 0.29) is 21.9 Å². The lowest BCUT2D eigenvalue weighted by atomic mass is 10.1. The molecule has 0 saturated carbocycles. The smallest absolute Gasteiger partial charge is 0.269 e. The molecule has 33 heavy (non-hydrogen) atoms. The van der Waals surface area contributed by atoms with Gasteiger partial charge in [-0.3, -0.25) is 14.5 Å². The molecule has 4 rings (SSSR count). The molecule has 1 fully saturated rings. The Morgan fingerprint density at radius 1 is 1.00 bits per heavy atom. The lowest BCUT2D eigenvalue weighted by Gasteiger charge is -2.20. The highest BCUT2D eigenvalue weighted by Crippen LogP contribution is 2.32. The van der Waals surface area contributed by atoms with E-state index >= 15 is 0 Å². The van der Waals surface area contributed by atoms with Crippen molar-refractivity contribution in [1.29, 1.82) is 0 Å². The highest BCUT2D eigenvalue weighted by molar-refractivity contribution is 7.90. The Bertz CT molecular complexity index is 1150. The average molecular weight is 470 g/mol. The molecule has 2 aliphatic heterocycles. The fourth-order valence-electron chi connectivity index (χ4n) is 4.57. The summed E-state index contributed by atoms with van der Waals surface area (Å²) in [6.45, 7) is 6.79. The average Bonchev–Trinajstić information content (AvgIpc) is 2.94. The van der Waals surface area contributed by atoms with E-state index < -0.39 is 22.0 Å². The van der Waals surface area contributed by atoms with Crippen LogP contribution in [0, 0.1) is 0 Å². The molecule has 0 aromatic heterocycles. The molecule has 2 aromatic rings. The zero-order valence-electron chi connectivity index (χ0n) is 19.2. The number of amides is 2. The molecule has 176 valence electrons. The predicted octanol–water partition coefficient (Wildman–Crippen LogP) is 3.55. The summed E-state index contributed by atoms with van der Waals surface area (Å²) in [6.07, 6.45) is 5.09. The minimum absolute atomic E-state index is 0.103. The van der Waals surface area contributed by atoms with Crippen LogP contribution in [-0.2, 0) is 23.1 Å². The number of hydrogen-bond acceptors (Lipinski definition) is 5. The number of benzene rings is 2. The number of fused-ring (bicyclic) bond motifs is 1. The Morgan fingerprint density at radius 2 is 1.70 bits per heavy atom. The van der Waals surface area contributed by atoms with Crippen LogP contribution >= 0.6 is 0 Å². The second-order valence-electron chi connectivity index (χ2n) is 9.10. The minimum atomic E-state index is -3.94. The van der Waals surface area contributed by atoms with Gasteiger partial charge in [-0.15, -0.1) is 0 Å². The molecule has 1 saturated heterocycles. The van der Waals surface area contributed by atoms with Crippen LogP contribution in [0.15, 0.2) is 47.4 Å². The van der Waals surface area contributed by atoms with Gasteiger partial charge in [0.05, 0.1) is 5.56 Å². The quantitative estimate of drug-likeness (QED) is 0.699. The van der Waals surface area contributed by atoms with Gasteiger partial charge in [-0.25, -0.2) is 12.7 Å². The molecule has 0 radical (unpaired) electrons. The Balaban J connectivity index is 1.43. The number of sulfonamides is 1. The van der Waals surface area contributed by atoms with Crippen molar-refractivity contribution < 1.29 is 18.0 Å². The van der Waals surface area contributed by atoms with Gasteiger partial charge in [-0.1, -0.05) is 37.1 Å². The molecule has 8 heteroatoms. The molecule has 1 N–H and O–H groups in total. The normalized spacial score (nSPS) is 18.3. The van der Waals surface area contributed by atoms with Crippen molar-refractivity contribution in [3.8, 4) is 0 Å². The summed E-state index contributed by atoms with van der Waals surface area (Å²) in [5.41, 5.74) is 2.54. The Hall–Kier alpha value is -2.71. The summed E-state index contributed by atoms with van der Waals surface area (Å²) < 4.78 is 26.4. The van der Waals surface area contributed by atoms with Crippen LogP contribution in [0.4, 0.5) is 0 Å². The molecule has 0 aliphatic carbocycles. The minimum Gasteiger partial charge on any atom is -0.348 e. The first-order chi connectivity index (χ1) is 15.8. The molecule has 7 nitrogen and oxygen atoms in total. The first-order valence-corrected chi connectivity index (χ1v) is 13.0. The lowest BCUT2D eigenvalue weighted by molar-refractivity contribution is 0.0845. The Morgan fingerprint density at radius 3 is 2.39 bits per heavy atom. The highest BCUT2D eigenvalue weighted by Gasteiger charge is 2.42. The maximum Gasteiger partial charge on any atom is 0.269 e. The van der Waals surface area contributed by atoms with Crippen molar-refractivity contribution in [1.82, 2.24) is 14.5 Å². The number of nitrogens with zero attached hydrogens (tertiary/aromatic N) is 2. The number of carbonyl (C=O) groups is 2. The van der Waals surface area contributed by atoms with Gasteiger partial charge in [0.1, 0.15) is 4.90 Å². The fourth-order valence-corrected chi connectivity index (χ4v) is 6.37. The number of carbonyl (C=O) groups excluding carboxylic acids is 2. The summed E-state index contributed by atoms with van der Waals surface area (Å²) in [5.74, 6) is -0.922. The molecule has 2 heterocycles. The van der Waals surface area contributed by atoms with E-state index in [1.807, 2.05) is 12.1 Å². The van der Waals surface area contributed by atoms with E-state index in [0.717, 1.165) is 29.5 Å². The summed E-state index contributed by atoms with van der Waals surface area (Å²) in [5, 5.41) is 2.87. The maximum absolute atomic E-state index is 12.8. The Labute approximate surface area is 195 Å². The van der Waals surface area contributed by atoms with E-state index in [4.69, 9.17) is 0 Å². The van der Waals surface area contributed by atoms with Crippen molar-refractivity contribution in [2.75, 3.05) is 13.1 Å². The lowest BCUT2D eigenvalue weighted by Crippen LogP contribution is -2.36. The summed E-state index contributed by atoms with van der Waals surface area (Å²) >= 11 is 0. The van der Waals surface area contributed by atoms with Gasteiger partial charge in [0.2, 0.25) is 0 Å². The van der Waals surface area contributed by atoms with Crippen LogP contribution in [0.2, 0.25) is 0 Å². The van der Waals surface area contributed by atoms with E-state index in [1.165, 1.54) is 49.4 Å². The summed E-state index contributed by atoms with van der Waals surface area (Å²) in [4.78, 5) is 27.6. The second-order valence-corrected chi connectivity index (χ2v) is 10.9. The van der Waals surface area contributed by atoms with Gasteiger partial charge in [0, 0.05) is 24.7 Å². The van der Waals surface area contributed by atoms with Crippen LogP contribution in [0.3, 0.4) is 0 Å². The molecular formula is C25H31N3O4S. The fraction of sp³-hybridized carbons (Fsp3) is 0.440. The number of nitrogens with one attached hydrogen (secondary N) is 1. The third-order valence-electron chi connectivity index (χ3n) is 6.23. The van der Waals surface area contributed by atoms with Gasteiger partial charge < -0.3 is 5.32 Å². The monoisotopic (exact) mass is 469 g/mol. The van der Waals surface area contributed by atoms with Gasteiger partial charge in [-0.05, 0) is 69.1 Å². The molecule has 2 aromatic carbocycles. The van der Waals surface area contributed by atoms with E-state index in [2.05, 4.69) is 22.3 Å². The zero-order chi connectivity index (χ0) is 23.6. The van der Waals surface area contributed by atoms with Crippen LogP contribution in [0.5, 0.6) is 0 Å². The largest absolute Gasteiger partial charge is 0.348 e. The molecule has 0 atom stereocenters. The van der Waals surface area contributed by atoms with Crippen LogP contribution in [-0.4, -0.2) is 48.6 Å². The SMILES string of the molecule is CC(C)N1C(=O)c2ccc(C(=O)NCc3cccc(CN4CCCCCC4)c3)cc2S1(=O)=O. The van der Waals surface area contributed by atoms with Crippen molar-refractivity contribution in [3.63, 3.8) is 0 Å². The first kappa shape index (κ1) is 23.4. The number of hydrogen-bond donors (Lipinski definition) is 1. The summed E-state index contributed by atoms with van der Waals surface area (Å²) in [7, 11) is -3.94. The van der Waals surface area contributed by atoms with Crippen molar-refractivity contribution in [2.24, 2.45) is 0 Å². The Kier molecular flexibility index (Phi) is 6.86. The van der Waals surface area contributed by atoms with Crippen LogP contribution in [0.1, 0.15) is 71.4 Å². The third-order valence-corrected chi connectivity index (χ3v) is 8.23. The molecule has 2 amide bonds. The summed E-state index contributed by atoms with van der Waals surface area (Å²) in [6, 6.07) is 11.9. The van der Waals surface area contributed by atoms with Crippen molar-refractivity contribution in [2.45, 2.75) is 63.6 Å². The van der Waals surface area contributed by atoms with Crippen LogP contribution in [0.25, 0.3) is 0 Å². The predicted molar refractivity (Wildman–Crippen MR) is 126 cm³/mol. The van der Waals surface area contributed by atoms with E-state index in [9.17, 15) is 18.0 Å². The molecule has 2 aliphatic rings. The van der Waals surface area contributed by atoms with Crippen molar-refractivity contribution >= 4 is 21.8 Å². The first-order valence-electron chi connectivity index (χ1n) is 11.6. The molecule has 0 unspecified atom stereocenters. The maximum atomic E-state index is 12.8. The standard InChI is InChI=1S/C25H31N3O4S/c1-18(2)28-25(30)22-11-10-21(15-23(22)33(28,31)32)24(29)26-16-19-8-7-9-20(14-19)17-27-12-5-3-4-6-13-27/h7-11,14-15,18H,3-6,12-13,16-17H2,1-2H3,(H,26,29). The van der Waals surface area contributed by atoms with Gasteiger partial charge in [-0.2, -0.15) is 0 Å². The van der Waals surface area contributed by atoms with E-state index in [1.54, 1.807) is 13.8 Å². The number of likely N-dealkylation sites (tertiary alicyclic amines) is 1. The van der Waals surface area contributed by atoms with E-state index in [0.29, 0.717) is 6.54 Å². The second kappa shape index (κ2) is 9.65. The molecule has 0 bridgehead atoms. The topological polar surface area (TPSA) is 86.8 Å². The zero-order valence-corrected chi connectivity index (χ0v) is 20.0. The number of rotatable bonds is 6. The van der Waals surface area contributed by atoms with Gasteiger partial charge >= 0.3 is 0 Å². The molecular weight excluding hydrogens is 438 g/mol.